The van der Waals surface area contributed by atoms with Gasteiger partial charge in [0, 0.05) is 11.4 Å². The Hall–Kier alpha value is -1.57. The van der Waals surface area contributed by atoms with Crippen molar-refractivity contribution in [1.29, 1.82) is 0 Å². The summed E-state index contributed by atoms with van der Waals surface area (Å²) in [4.78, 5) is -0.158. The Morgan fingerprint density at radius 2 is 1.74 bits per heavy atom. The summed E-state index contributed by atoms with van der Waals surface area (Å²) in [7, 11) is -4.03. The molecule has 0 aliphatic carbocycles. The van der Waals surface area contributed by atoms with Crippen molar-refractivity contribution in [1.82, 2.24) is 0 Å². The molecular weight excluding hydrogens is 351 g/mol. The lowest BCUT2D eigenvalue weighted by Crippen LogP contribution is -2.14. The fourth-order valence-corrected chi connectivity index (χ4v) is 3.20. The van der Waals surface area contributed by atoms with Crippen molar-refractivity contribution in [2.45, 2.75) is 23.9 Å². The molecule has 0 aromatic heterocycles. The van der Waals surface area contributed by atoms with Gasteiger partial charge in [0.15, 0.2) is 0 Å². The van der Waals surface area contributed by atoms with Gasteiger partial charge in [-0.25, -0.2) is 13.6 Å². The first kappa shape index (κ1) is 17.8. The summed E-state index contributed by atoms with van der Waals surface area (Å²) in [6.45, 7) is 1.74. The fraction of sp³-hybridized carbons (Fsp3) is 0.200. The molecule has 2 rings (SSSR count). The number of alkyl halides is 4. The van der Waals surface area contributed by atoms with E-state index in [1.807, 2.05) is 0 Å². The predicted octanol–water partition coefficient (Wildman–Crippen LogP) is 4.07. The molecule has 0 amide bonds. The maximum absolute atomic E-state index is 12.8. The third-order valence-electron chi connectivity index (χ3n) is 3.31. The highest BCUT2D eigenvalue weighted by atomic mass is 35.5. The summed E-state index contributed by atoms with van der Waals surface area (Å²) in [6, 6.07) is 7.46. The monoisotopic (exact) mass is 363 g/mol. The van der Waals surface area contributed by atoms with E-state index in [1.165, 1.54) is 12.1 Å². The van der Waals surface area contributed by atoms with Gasteiger partial charge in [0.25, 0.3) is 0 Å². The molecule has 0 atom stereocenters. The molecule has 124 valence electrons. The molecule has 0 saturated carbocycles. The van der Waals surface area contributed by atoms with E-state index in [1.54, 1.807) is 19.1 Å². The van der Waals surface area contributed by atoms with E-state index < -0.39 is 21.8 Å². The highest BCUT2D eigenvalue weighted by Crippen LogP contribution is 2.36. The quantitative estimate of drug-likeness (QED) is 0.836. The smallest absolute Gasteiger partial charge is 0.225 e. The Morgan fingerprint density at radius 3 is 2.26 bits per heavy atom. The van der Waals surface area contributed by atoms with Crippen LogP contribution < -0.4 is 5.14 Å². The van der Waals surface area contributed by atoms with Crippen LogP contribution in [0.5, 0.6) is 0 Å². The van der Waals surface area contributed by atoms with Gasteiger partial charge in [-0.1, -0.05) is 23.8 Å². The maximum Gasteiger partial charge on any atom is 0.416 e. The molecule has 2 aromatic carbocycles. The Kier molecular flexibility index (Phi) is 4.75. The topological polar surface area (TPSA) is 60.2 Å². The summed E-state index contributed by atoms with van der Waals surface area (Å²) >= 11 is 5.76. The molecule has 3 nitrogen and oxygen atoms in total. The second kappa shape index (κ2) is 6.14. The minimum absolute atomic E-state index is 0.158. The van der Waals surface area contributed by atoms with Gasteiger partial charge in [-0.2, -0.15) is 13.2 Å². The normalized spacial score (nSPS) is 12.4. The second-order valence-corrected chi connectivity index (χ2v) is 6.85. The first-order valence-corrected chi connectivity index (χ1v) is 8.52. The Labute approximate surface area is 136 Å². The Bertz CT molecular complexity index is 848. The number of hydrogen-bond donors (Lipinski definition) is 1. The lowest BCUT2D eigenvalue weighted by Gasteiger charge is -2.15. The van der Waals surface area contributed by atoms with Crippen molar-refractivity contribution in [2.24, 2.45) is 5.14 Å². The van der Waals surface area contributed by atoms with Crippen LogP contribution >= 0.6 is 11.6 Å². The van der Waals surface area contributed by atoms with E-state index in [0.717, 1.165) is 17.7 Å². The van der Waals surface area contributed by atoms with Crippen molar-refractivity contribution < 1.29 is 21.6 Å². The van der Waals surface area contributed by atoms with Crippen LogP contribution in [-0.4, -0.2) is 8.42 Å². The number of benzene rings is 2. The van der Waals surface area contributed by atoms with Gasteiger partial charge in [-0.15, -0.1) is 11.6 Å². The molecule has 0 aliphatic heterocycles. The zero-order valence-corrected chi connectivity index (χ0v) is 13.6. The number of primary sulfonamides is 1. The lowest BCUT2D eigenvalue weighted by atomic mass is 9.97. The second-order valence-electron chi connectivity index (χ2n) is 5.05. The summed E-state index contributed by atoms with van der Waals surface area (Å²) < 4.78 is 61.9. The minimum Gasteiger partial charge on any atom is -0.225 e. The van der Waals surface area contributed by atoms with Crippen LogP contribution in [0.4, 0.5) is 13.2 Å². The molecular formula is C15H13ClF3NO2S. The van der Waals surface area contributed by atoms with E-state index in [-0.39, 0.29) is 21.9 Å². The molecule has 0 spiro atoms. The molecule has 0 heterocycles. The number of hydrogen-bond acceptors (Lipinski definition) is 2. The minimum atomic E-state index is -4.51. The molecule has 0 radical (unpaired) electrons. The third kappa shape index (κ3) is 3.85. The van der Waals surface area contributed by atoms with Crippen molar-refractivity contribution in [3.8, 4) is 11.1 Å². The predicted molar refractivity (Wildman–Crippen MR) is 82.5 cm³/mol. The molecule has 2 aromatic rings. The van der Waals surface area contributed by atoms with Gasteiger partial charge in [-0.3, -0.25) is 0 Å². The average molecular weight is 364 g/mol. The van der Waals surface area contributed by atoms with Crippen LogP contribution in [-0.2, 0) is 22.1 Å². The van der Waals surface area contributed by atoms with Crippen LogP contribution in [0, 0.1) is 6.92 Å². The Morgan fingerprint density at radius 1 is 1.09 bits per heavy atom. The van der Waals surface area contributed by atoms with E-state index in [9.17, 15) is 21.6 Å². The maximum atomic E-state index is 12.8. The molecule has 0 fully saturated rings. The van der Waals surface area contributed by atoms with Crippen molar-refractivity contribution >= 4 is 21.6 Å². The number of halogens is 4. The molecule has 8 heteroatoms. The van der Waals surface area contributed by atoms with E-state index in [2.05, 4.69) is 0 Å². The lowest BCUT2D eigenvalue weighted by molar-refractivity contribution is -0.137. The summed E-state index contributed by atoms with van der Waals surface area (Å²) in [5.41, 5.74) is 0.615. The first-order valence-electron chi connectivity index (χ1n) is 6.44. The average Bonchev–Trinajstić information content (AvgIpc) is 2.44. The van der Waals surface area contributed by atoms with Crippen LogP contribution in [0.1, 0.15) is 16.7 Å². The summed E-state index contributed by atoms with van der Waals surface area (Å²) in [6.07, 6.45) is -4.51. The highest BCUT2D eigenvalue weighted by molar-refractivity contribution is 7.89. The van der Waals surface area contributed by atoms with Gasteiger partial charge in [-0.05, 0) is 36.2 Å². The number of rotatable bonds is 3. The molecule has 0 saturated heterocycles. The molecule has 23 heavy (non-hydrogen) atoms. The van der Waals surface area contributed by atoms with E-state index in [0.29, 0.717) is 5.56 Å². The SMILES string of the molecule is Cc1ccc(S(N)(=O)=O)c(-c2ccc(C(F)(F)F)cc2CCl)c1. The third-order valence-corrected chi connectivity index (χ3v) is 4.57. The number of aryl methyl sites for hydroxylation is 1. The molecule has 2 N–H and O–H groups in total. The first-order chi connectivity index (χ1) is 10.5. The summed E-state index contributed by atoms with van der Waals surface area (Å²) in [5, 5.41) is 5.19. The van der Waals surface area contributed by atoms with Gasteiger partial charge in [0.05, 0.1) is 10.5 Å². The summed E-state index contributed by atoms with van der Waals surface area (Å²) in [5.74, 6) is -0.197. The number of sulfonamides is 1. The largest absolute Gasteiger partial charge is 0.416 e. The standard InChI is InChI=1S/C15H13ClF3NO2S/c1-9-2-5-14(23(20,21)22)13(6-9)12-4-3-11(15(17,18)19)7-10(12)8-16/h2-7H,8H2,1H3,(H2,20,21,22). The van der Waals surface area contributed by atoms with Crippen LogP contribution in [0.3, 0.4) is 0 Å². The van der Waals surface area contributed by atoms with Crippen molar-refractivity contribution in [3.05, 3.63) is 53.1 Å². The van der Waals surface area contributed by atoms with Gasteiger partial charge in [0.2, 0.25) is 10.0 Å². The zero-order chi connectivity index (χ0) is 17.4. The number of nitrogens with two attached hydrogens (primary N) is 1. The fourth-order valence-electron chi connectivity index (χ4n) is 2.25. The van der Waals surface area contributed by atoms with Crippen LogP contribution in [0.25, 0.3) is 11.1 Å². The van der Waals surface area contributed by atoms with Gasteiger partial charge < -0.3 is 0 Å². The van der Waals surface area contributed by atoms with Crippen LogP contribution in [0.2, 0.25) is 0 Å². The molecule has 0 unspecified atom stereocenters. The van der Waals surface area contributed by atoms with Crippen molar-refractivity contribution in [3.63, 3.8) is 0 Å². The van der Waals surface area contributed by atoms with Gasteiger partial charge >= 0.3 is 6.18 Å². The van der Waals surface area contributed by atoms with E-state index >= 15 is 0 Å². The zero-order valence-electron chi connectivity index (χ0n) is 12.0. The Balaban J connectivity index is 2.75. The van der Waals surface area contributed by atoms with Gasteiger partial charge in [0.1, 0.15) is 0 Å². The molecule has 0 bridgehead atoms. The highest BCUT2D eigenvalue weighted by Gasteiger charge is 2.31. The molecule has 0 aliphatic rings. The van der Waals surface area contributed by atoms with E-state index in [4.69, 9.17) is 16.7 Å². The van der Waals surface area contributed by atoms with Crippen LogP contribution in [0.15, 0.2) is 41.3 Å². The van der Waals surface area contributed by atoms with Crippen molar-refractivity contribution in [2.75, 3.05) is 0 Å².